The lowest BCUT2D eigenvalue weighted by Gasteiger charge is -2.15. The molecule has 0 aliphatic carbocycles. The van der Waals surface area contributed by atoms with Gasteiger partial charge in [0.05, 0.1) is 10.9 Å². The molecule has 0 spiro atoms. The molecule has 4 heterocycles. The standard InChI is InChI=1S/C24H18N6O2/c25-21-18(23(31)27-15-16-7-6-11-26-14-16)13-19-22(30(21)17-8-2-1-3-9-17)28-20-10-4-5-12-29(20)24(19)32/h1-14,25H,15H2,(H,27,31). The van der Waals surface area contributed by atoms with Crippen LogP contribution in [0.2, 0.25) is 0 Å². The van der Waals surface area contributed by atoms with Gasteiger partial charge in [-0.25, -0.2) is 4.98 Å². The summed E-state index contributed by atoms with van der Waals surface area (Å²) in [6, 6.07) is 19.5. The van der Waals surface area contributed by atoms with Gasteiger partial charge in [0.25, 0.3) is 11.5 Å². The Morgan fingerprint density at radius 3 is 2.62 bits per heavy atom. The molecule has 0 saturated heterocycles. The van der Waals surface area contributed by atoms with Gasteiger partial charge in [0.2, 0.25) is 0 Å². The molecule has 8 nitrogen and oxygen atoms in total. The van der Waals surface area contributed by atoms with Crippen molar-refractivity contribution in [3.8, 4) is 5.69 Å². The van der Waals surface area contributed by atoms with Crippen molar-refractivity contribution in [2.45, 2.75) is 6.54 Å². The fourth-order valence-corrected chi connectivity index (χ4v) is 3.61. The van der Waals surface area contributed by atoms with E-state index in [1.165, 1.54) is 15.0 Å². The Balaban J connectivity index is 1.73. The van der Waals surface area contributed by atoms with E-state index >= 15 is 0 Å². The number of carbonyl (C=O) groups is 1. The van der Waals surface area contributed by atoms with E-state index < -0.39 is 5.91 Å². The van der Waals surface area contributed by atoms with Gasteiger partial charge in [-0.2, -0.15) is 0 Å². The van der Waals surface area contributed by atoms with Crippen LogP contribution in [0.1, 0.15) is 15.9 Å². The molecule has 5 rings (SSSR count). The highest BCUT2D eigenvalue weighted by atomic mass is 16.1. The summed E-state index contributed by atoms with van der Waals surface area (Å²) >= 11 is 0. The average Bonchev–Trinajstić information content (AvgIpc) is 2.84. The van der Waals surface area contributed by atoms with Crippen molar-refractivity contribution in [1.82, 2.24) is 24.3 Å². The molecule has 0 radical (unpaired) electrons. The summed E-state index contributed by atoms with van der Waals surface area (Å²) in [5, 5.41) is 11.9. The number of pyridine rings is 3. The Bertz CT molecular complexity index is 1570. The number of rotatable bonds is 4. The lowest BCUT2D eigenvalue weighted by molar-refractivity contribution is 0.0949. The van der Waals surface area contributed by atoms with Gasteiger partial charge in [-0.05, 0) is 42.0 Å². The Kier molecular flexibility index (Phi) is 4.79. The van der Waals surface area contributed by atoms with Crippen LogP contribution in [0, 0.1) is 5.41 Å². The van der Waals surface area contributed by atoms with Crippen molar-refractivity contribution >= 4 is 22.6 Å². The van der Waals surface area contributed by atoms with Crippen molar-refractivity contribution < 1.29 is 4.79 Å². The van der Waals surface area contributed by atoms with E-state index in [2.05, 4.69) is 15.3 Å². The largest absolute Gasteiger partial charge is 0.348 e. The summed E-state index contributed by atoms with van der Waals surface area (Å²) in [4.78, 5) is 35.0. The highest BCUT2D eigenvalue weighted by molar-refractivity contribution is 5.97. The highest BCUT2D eigenvalue weighted by Gasteiger charge is 2.18. The minimum Gasteiger partial charge on any atom is -0.348 e. The van der Waals surface area contributed by atoms with Crippen molar-refractivity contribution in [2.75, 3.05) is 0 Å². The topological polar surface area (TPSA) is 105 Å². The molecule has 0 aliphatic heterocycles. The van der Waals surface area contributed by atoms with E-state index in [-0.39, 0.29) is 28.5 Å². The van der Waals surface area contributed by atoms with Crippen LogP contribution < -0.4 is 16.4 Å². The molecule has 8 heteroatoms. The number of aromatic nitrogens is 4. The fraction of sp³-hybridized carbons (Fsp3) is 0.0417. The van der Waals surface area contributed by atoms with Crippen LogP contribution in [-0.2, 0) is 6.54 Å². The van der Waals surface area contributed by atoms with Crippen molar-refractivity contribution in [3.05, 3.63) is 112 Å². The second-order valence-corrected chi connectivity index (χ2v) is 7.20. The van der Waals surface area contributed by atoms with Gasteiger partial charge in [0.1, 0.15) is 11.1 Å². The Morgan fingerprint density at radius 1 is 1.03 bits per heavy atom. The summed E-state index contributed by atoms with van der Waals surface area (Å²) in [7, 11) is 0. The Morgan fingerprint density at radius 2 is 1.84 bits per heavy atom. The number of nitrogens with one attached hydrogen (secondary N) is 2. The molecule has 156 valence electrons. The Hall–Kier alpha value is -4.59. The van der Waals surface area contributed by atoms with E-state index in [1.807, 2.05) is 36.4 Å². The van der Waals surface area contributed by atoms with Crippen LogP contribution in [0.5, 0.6) is 0 Å². The summed E-state index contributed by atoms with van der Waals surface area (Å²) in [5.74, 6) is -0.456. The maximum absolute atomic E-state index is 13.2. The molecule has 0 atom stereocenters. The molecule has 0 aliphatic rings. The zero-order chi connectivity index (χ0) is 22.1. The number of amides is 1. The minimum absolute atomic E-state index is 0.0560. The molecule has 0 bridgehead atoms. The molecule has 0 fully saturated rings. The predicted octanol–water partition coefficient (Wildman–Crippen LogP) is 2.44. The first-order valence-electron chi connectivity index (χ1n) is 9.98. The van der Waals surface area contributed by atoms with Gasteiger partial charge >= 0.3 is 0 Å². The van der Waals surface area contributed by atoms with E-state index in [0.29, 0.717) is 17.0 Å². The third-order valence-corrected chi connectivity index (χ3v) is 5.16. The molecule has 1 aromatic carbocycles. The van der Waals surface area contributed by atoms with Crippen molar-refractivity contribution in [2.24, 2.45) is 0 Å². The third kappa shape index (κ3) is 3.33. The summed E-state index contributed by atoms with van der Waals surface area (Å²) in [6.07, 6.45) is 4.95. The number of carbonyl (C=O) groups excluding carboxylic acids is 1. The Labute approximate surface area is 182 Å². The molecular weight excluding hydrogens is 404 g/mol. The zero-order valence-electron chi connectivity index (χ0n) is 16.9. The maximum Gasteiger partial charge on any atom is 0.267 e. The maximum atomic E-state index is 13.2. The third-order valence-electron chi connectivity index (χ3n) is 5.16. The number of hydrogen-bond donors (Lipinski definition) is 2. The lowest BCUT2D eigenvalue weighted by Crippen LogP contribution is -2.34. The van der Waals surface area contributed by atoms with Gasteiger partial charge in [-0.3, -0.25) is 29.0 Å². The summed E-state index contributed by atoms with van der Waals surface area (Å²) < 4.78 is 2.96. The minimum atomic E-state index is -0.456. The summed E-state index contributed by atoms with van der Waals surface area (Å²) in [6.45, 7) is 0.254. The van der Waals surface area contributed by atoms with E-state index in [4.69, 9.17) is 5.41 Å². The number of para-hydroxylation sites is 1. The normalized spacial score (nSPS) is 11.0. The van der Waals surface area contributed by atoms with Crippen molar-refractivity contribution in [1.29, 1.82) is 5.41 Å². The van der Waals surface area contributed by atoms with E-state index in [9.17, 15) is 9.59 Å². The second-order valence-electron chi connectivity index (χ2n) is 7.20. The van der Waals surface area contributed by atoms with Crippen LogP contribution in [0.15, 0.2) is 90.1 Å². The predicted molar refractivity (Wildman–Crippen MR) is 120 cm³/mol. The second kappa shape index (κ2) is 7.92. The van der Waals surface area contributed by atoms with Crippen LogP contribution >= 0.6 is 0 Å². The van der Waals surface area contributed by atoms with E-state index in [0.717, 1.165) is 5.56 Å². The SMILES string of the molecule is N=c1c(C(=O)NCc2cccnc2)cc2c(=O)n3ccccc3nc2n1-c1ccccc1. The van der Waals surface area contributed by atoms with Crippen LogP contribution in [0.3, 0.4) is 0 Å². The van der Waals surface area contributed by atoms with Gasteiger partial charge in [-0.1, -0.05) is 30.3 Å². The number of fused-ring (bicyclic) bond motifs is 2. The monoisotopic (exact) mass is 422 g/mol. The van der Waals surface area contributed by atoms with Gasteiger partial charge in [0.15, 0.2) is 5.65 Å². The number of nitrogens with zero attached hydrogens (tertiary/aromatic N) is 4. The molecule has 5 aromatic rings. The molecule has 0 unspecified atom stereocenters. The van der Waals surface area contributed by atoms with Crippen LogP contribution in [0.25, 0.3) is 22.4 Å². The average molecular weight is 422 g/mol. The molecule has 0 saturated carbocycles. The molecule has 1 amide bonds. The van der Waals surface area contributed by atoms with E-state index in [1.54, 1.807) is 42.9 Å². The molecule has 2 N–H and O–H groups in total. The van der Waals surface area contributed by atoms with Gasteiger partial charge in [0, 0.05) is 30.8 Å². The van der Waals surface area contributed by atoms with Crippen molar-refractivity contribution in [3.63, 3.8) is 0 Å². The quantitative estimate of drug-likeness (QED) is 0.434. The first-order valence-corrected chi connectivity index (χ1v) is 9.98. The van der Waals surface area contributed by atoms with Gasteiger partial charge in [-0.15, -0.1) is 0 Å². The molecule has 32 heavy (non-hydrogen) atoms. The lowest BCUT2D eigenvalue weighted by atomic mass is 10.1. The first-order chi connectivity index (χ1) is 15.6. The summed E-state index contributed by atoms with van der Waals surface area (Å²) in [5.41, 5.74) is 1.97. The van der Waals surface area contributed by atoms with Gasteiger partial charge < -0.3 is 5.32 Å². The number of benzene rings is 1. The molecular formula is C24H18N6O2. The zero-order valence-corrected chi connectivity index (χ0v) is 16.9. The first kappa shape index (κ1) is 19.4. The van der Waals surface area contributed by atoms with Crippen LogP contribution in [-0.4, -0.2) is 24.8 Å². The fourth-order valence-electron chi connectivity index (χ4n) is 3.61. The smallest absolute Gasteiger partial charge is 0.267 e. The number of hydrogen-bond acceptors (Lipinski definition) is 5. The van der Waals surface area contributed by atoms with Crippen LogP contribution in [0.4, 0.5) is 0 Å². The molecule has 4 aromatic heterocycles. The highest BCUT2D eigenvalue weighted by Crippen LogP contribution is 2.15.